The lowest BCUT2D eigenvalue weighted by atomic mass is 10.1. The summed E-state index contributed by atoms with van der Waals surface area (Å²) in [6.45, 7) is -0.532. The summed E-state index contributed by atoms with van der Waals surface area (Å²) < 4.78 is 40.4. The molecule has 9 nitrogen and oxygen atoms in total. The van der Waals surface area contributed by atoms with E-state index < -0.39 is 24.2 Å². The Balaban J connectivity index is 2.33. The third kappa shape index (κ3) is 5.36. The van der Waals surface area contributed by atoms with Crippen LogP contribution in [0.5, 0.6) is 0 Å². The van der Waals surface area contributed by atoms with Gasteiger partial charge in [-0.05, 0) is 6.07 Å². The monoisotopic (exact) mass is 359 g/mol. The molecule has 2 rings (SSSR count). The Morgan fingerprint density at radius 3 is 2.78 bits per heavy atom. The van der Waals surface area contributed by atoms with Gasteiger partial charge in [0, 0.05) is 10.5 Å². The first kappa shape index (κ1) is 17.5. The number of amides is 1. The molecular weight excluding hydrogens is 345 g/mol. The molecular formula is C12H14N3O6PS. The number of fused-ring (bicyclic) bond motifs is 1. The molecule has 0 aliphatic rings. The van der Waals surface area contributed by atoms with Crippen molar-refractivity contribution in [1.29, 1.82) is 0 Å². The van der Waals surface area contributed by atoms with Crippen molar-refractivity contribution >= 4 is 35.1 Å². The van der Waals surface area contributed by atoms with Gasteiger partial charge in [-0.25, -0.2) is 13.1 Å². The zero-order valence-corrected chi connectivity index (χ0v) is 13.9. The Hall–Kier alpha value is -1.87. The van der Waals surface area contributed by atoms with E-state index in [1.54, 1.807) is 24.3 Å². The van der Waals surface area contributed by atoms with Gasteiger partial charge < -0.3 is 14.0 Å². The van der Waals surface area contributed by atoms with Crippen LogP contribution in [-0.2, 0) is 37.1 Å². The van der Waals surface area contributed by atoms with Crippen LogP contribution in [0, 0.1) is 0 Å². The van der Waals surface area contributed by atoms with Crippen molar-refractivity contribution in [2.45, 2.75) is 13.2 Å². The van der Waals surface area contributed by atoms with E-state index in [0.29, 0.717) is 16.5 Å². The first-order valence-electron chi connectivity index (χ1n) is 6.37. The fraction of sp³-hybridized carbons (Fsp3) is 0.250. The molecule has 0 aliphatic heterocycles. The van der Waals surface area contributed by atoms with Crippen LogP contribution in [0.4, 0.5) is 0 Å². The number of nitrogens with zero attached hydrogens (tertiary/aromatic N) is 2. The number of nitrogens with one attached hydrogen (secondary N) is 1. The van der Waals surface area contributed by atoms with Gasteiger partial charge in [-0.2, -0.15) is 0 Å². The molecule has 1 N–H and O–H groups in total. The summed E-state index contributed by atoms with van der Waals surface area (Å²) >= 11 is 0. The van der Waals surface area contributed by atoms with Crippen LogP contribution in [0.2, 0.25) is 0 Å². The zero-order chi connectivity index (χ0) is 17.0. The summed E-state index contributed by atoms with van der Waals surface area (Å²) in [5.41, 5.74) is 1.03. The van der Waals surface area contributed by atoms with Crippen LogP contribution >= 0.6 is 8.25 Å². The van der Waals surface area contributed by atoms with Gasteiger partial charge in [-0.15, -0.1) is 0 Å². The fourth-order valence-electron chi connectivity index (χ4n) is 1.97. The molecule has 0 bridgehead atoms. The molecule has 1 heterocycles. The van der Waals surface area contributed by atoms with Gasteiger partial charge >= 0.3 is 5.91 Å². The second-order valence-electron chi connectivity index (χ2n) is 4.71. The summed E-state index contributed by atoms with van der Waals surface area (Å²) in [6, 6.07) is 6.92. The lowest BCUT2D eigenvalue weighted by Gasteiger charge is -2.08. The van der Waals surface area contributed by atoms with Gasteiger partial charge in [0.15, 0.2) is 0 Å². The van der Waals surface area contributed by atoms with Crippen LogP contribution < -0.4 is 14.3 Å². The second kappa shape index (κ2) is 7.14. The first-order chi connectivity index (χ1) is 10.7. The van der Waals surface area contributed by atoms with E-state index in [1.807, 2.05) is 4.72 Å². The third-order valence-corrected chi connectivity index (χ3v) is 3.72. The number of hydrogen-bond acceptors (Lipinski definition) is 7. The maximum Gasteiger partial charge on any atom is 0.301 e. The van der Waals surface area contributed by atoms with Crippen LogP contribution in [0.3, 0.4) is 0 Å². The number of rotatable bonds is 6. The fourth-order valence-corrected chi connectivity index (χ4v) is 2.72. The quantitative estimate of drug-likeness (QED) is 0.510. The number of carbonyl (C=O) groups is 1. The van der Waals surface area contributed by atoms with Crippen molar-refractivity contribution in [2.75, 3.05) is 6.26 Å². The Bertz CT molecular complexity index is 870. The number of carbonyl (C=O) groups excluding carboxylic acids is 1. The van der Waals surface area contributed by atoms with Gasteiger partial charge in [0.1, 0.15) is 13.8 Å². The van der Waals surface area contributed by atoms with Gasteiger partial charge in [0.25, 0.3) is 6.54 Å². The highest BCUT2D eigenvalue weighted by Gasteiger charge is 2.18. The summed E-state index contributed by atoms with van der Waals surface area (Å²) in [5.74, 6) is -0.760. The number of aromatic nitrogens is 2. The highest BCUT2D eigenvalue weighted by molar-refractivity contribution is 7.89. The molecule has 0 saturated carbocycles. The first-order valence-corrected chi connectivity index (χ1v) is 9.49. The van der Waals surface area contributed by atoms with E-state index in [0.717, 1.165) is 6.26 Å². The van der Waals surface area contributed by atoms with E-state index in [2.05, 4.69) is 9.62 Å². The molecule has 1 aromatic carbocycles. The summed E-state index contributed by atoms with van der Waals surface area (Å²) in [6.07, 6.45) is 2.31. The molecule has 0 spiro atoms. The van der Waals surface area contributed by atoms with Gasteiger partial charge in [0.05, 0.1) is 18.4 Å². The highest BCUT2D eigenvalue weighted by Crippen LogP contribution is 2.19. The van der Waals surface area contributed by atoms with Gasteiger partial charge in [0.2, 0.25) is 16.2 Å². The van der Waals surface area contributed by atoms with Gasteiger partial charge in [-0.1, -0.05) is 22.9 Å². The molecule has 1 aromatic heterocycles. The van der Waals surface area contributed by atoms with Crippen LogP contribution in [-0.4, -0.2) is 25.7 Å². The lowest BCUT2D eigenvalue weighted by Crippen LogP contribution is -2.47. The second-order valence-corrected chi connectivity index (χ2v) is 7.24. The van der Waals surface area contributed by atoms with Crippen molar-refractivity contribution in [3.8, 4) is 0 Å². The van der Waals surface area contributed by atoms with E-state index in [-0.39, 0.29) is 13.2 Å². The molecule has 11 heteroatoms. The number of hydrogen-bond donors (Lipinski definition) is 1. The molecule has 23 heavy (non-hydrogen) atoms. The Labute approximate surface area is 132 Å². The molecule has 1 amide bonds. The SMILES string of the molecule is CS(=O)(=O)NC(=O)C[n+]1cc(CO[PH](=O)[O-])c2ccccc2n1. The smallest absolute Gasteiger partial charge is 0.301 e. The minimum atomic E-state index is -3.66. The molecule has 0 fully saturated rings. The molecule has 0 radical (unpaired) electrons. The average Bonchev–Trinajstić information content (AvgIpc) is 2.42. The van der Waals surface area contributed by atoms with Crippen LogP contribution in [0.15, 0.2) is 30.5 Å². The largest absolute Gasteiger partial charge is 0.781 e. The third-order valence-electron chi connectivity index (χ3n) is 2.74. The van der Waals surface area contributed by atoms with Crippen LogP contribution in [0.1, 0.15) is 5.56 Å². The Morgan fingerprint density at radius 1 is 1.43 bits per heavy atom. The lowest BCUT2D eigenvalue weighted by molar-refractivity contribution is -0.740. The maximum absolute atomic E-state index is 11.7. The van der Waals surface area contributed by atoms with Crippen molar-refractivity contribution in [2.24, 2.45) is 0 Å². The molecule has 2 aromatic rings. The number of benzene rings is 1. The van der Waals surface area contributed by atoms with E-state index in [4.69, 9.17) is 0 Å². The molecule has 1 atom stereocenters. The van der Waals surface area contributed by atoms with E-state index >= 15 is 0 Å². The summed E-state index contributed by atoms with van der Waals surface area (Å²) in [4.78, 5) is 22.3. The minimum Gasteiger partial charge on any atom is -0.781 e. The summed E-state index contributed by atoms with van der Waals surface area (Å²) in [5, 5.41) is 4.87. The standard InChI is InChI=1S/C12H14N3O6PS/c1-23(19,20)14-12(16)7-15-6-9(8-21-22(17)18)10-4-2-3-5-11(10)13-15/h2-6,22H,7-8H2,1H3,(H-,14,16,17,18). The van der Waals surface area contributed by atoms with Crippen molar-refractivity contribution < 1.29 is 31.9 Å². The highest BCUT2D eigenvalue weighted by atomic mass is 32.2. The van der Waals surface area contributed by atoms with Crippen molar-refractivity contribution in [3.63, 3.8) is 0 Å². The van der Waals surface area contributed by atoms with Gasteiger partial charge in [-0.3, -0.25) is 4.79 Å². The van der Waals surface area contributed by atoms with Crippen molar-refractivity contribution in [3.05, 3.63) is 36.0 Å². The zero-order valence-electron chi connectivity index (χ0n) is 12.1. The van der Waals surface area contributed by atoms with E-state index in [1.165, 1.54) is 10.9 Å². The predicted octanol–water partition coefficient (Wildman–Crippen LogP) is -1.14. The minimum absolute atomic E-state index is 0.196. The number of sulfonamides is 1. The van der Waals surface area contributed by atoms with Crippen LogP contribution in [0.25, 0.3) is 10.9 Å². The van der Waals surface area contributed by atoms with Crippen molar-refractivity contribution in [1.82, 2.24) is 9.82 Å². The summed E-state index contributed by atoms with van der Waals surface area (Å²) in [7, 11) is -7.01. The maximum atomic E-state index is 11.7. The molecule has 124 valence electrons. The Morgan fingerprint density at radius 2 is 2.13 bits per heavy atom. The Kier molecular flexibility index (Phi) is 5.42. The molecule has 0 saturated heterocycles. The van der Waals surface area contributed by atoms with E-state index in [9.17, 15) is 22.7 Å². The predicted molar refractivity (Wildman–Crippen MR) is 78.7 cm³/mol. The topological polar surface area (TPSA) is 129 Å². The average molecular weight is 359 g/mol. The molecule has 1 unspecified atom stereocenters. The normalized spacial score (nSPS) is 13.0. The molecule has 0 aliphatic carbocycles.